The van der Waals surface area contributed by atoms with Crippen molar-refractivity contribution in [2.24, 2.45) is 11.8 Å². The Morgan fingerprint density at radius 1 is 1.42 bits per heavy atom. The lowest BCUT2D eigenvalue weighted by Crippen LogP contribution is -2.37. The molecule has 1 aromatic rings. The third kappa shape index (κ3) is 4.76. The van der Waals surface area contributed by atoms with E-state index in [1.165, 1.54) is 0 Å². The summed E-state index contributed by atoms with van der Waals surface area (Å²) < 4.78 is 50.6. The number of nitrogens with zero attached hydrogens (tertiary/aromatic N) is 3. The predicted octanol–water partition coefficient (Wildman–Crippen LogP) is 1.98. The molecule has 0 aliphatic carbocycles. The summed E-state index contributed by atoms with van der Waals surface area (Å²) in [5, 5.41) is 0. The Bertz CT molecular complexity index is 627. The second-order valence-electron chi connectivity index (χ2n) is 7.12. The fraction of sp³-hybridized carbons (Fsp3) is 0.765. The minimum Gasteiger partial charge on any atom is -0.381 e. The molecule has 3 rings (SSSR count). The summed E-state index contributed by atoms with van der Waals surface area (Å²) in [6.45, 7) is 2.90. The zero-order valence-electron chi connectivity index (χ0n) is 14.8. The maximum Gasteiger partial charge on any atom is 0.434 e. The van der Waals surface area contributed by atoms with Crippen LogP contribution < -0.4 is 0 Å². The number of ether oxygens (including phenoxy) is 2. The van der Waals surface area contributed by atoms with Crippen LogP contribution in [0.25, 0.3) is 0 Å². The molecule has 2 atom stereocenters. The summed E-state index contributed by atoms with van der Waals surface area (Å²) in [7, 11) is 1.70. The normalized spacial score (nSPS) is 23.1. The largest absolute Gasteiger partial charge is 0.434 e. The van der Waals surface area contributed by atoms with Gasteiger partial charge >= 0.3 is 6.18 Å². The number of likely N-dealkylation sites (N-methyl/N-ethyl adjacent to an activating group) is 1. The number of carbonyl (C=O) groups is 1. The van der Waals surface area contributed by atoms with Gasteiger partial charge in [0, 0.05) is 45.3 Å². The van der Waals surface area contributed by atoms with Gasteiger partial charge in [-0.1, -0.05) is 0 Å². The smallest absolute Gasteiger partial charge is 0.381 e. The van der Waals surface area contributed by atoms with Crippen molar-refractivity contribution in [2.45, 2.75) is 32.0 Å². The Morgan fingerprint density at radius 2 is 2.23 bits per heavy atom. The monoisotopic (exact) mass is 375 g/mol. The quantitative estimate of drug-likeness (QED) is 0.763. The van der Waals surface area contributed by atoms with E-state index in [4.69, 9.17) is 9.47 Å². The standard InChI is InChI=1S/C17H24F3N3O3/c1-22(16(24)11-26-10-13-4-5-25-9-13)6-12-2-3-15-21-14(17(18,19)20)8-23(15)7-12/h8,12-13H,2-7,9-11H2,1H3/t12-,13-/m1/s1. The highest BCUT2D eigenvalue weighted by Gasteiger charge is 2.36. The SMILES string of the molecule is CN(C[C@H]1CCc2nc(C(F)(F)F)cn2C1)C(=O)COC[C@@H]1CCOC1. The number of carbonyl (C=O) groups excluding carboxylic acids is 1. The van der Waals surface area contributed by atoms with Crippen LogP contribution >= 0.6 is 0 Å². The van der Waals surface area contributed by atoms with E-state index in [0.717, 1.165) is 19.2 Å². The lowest BCUT2D eigenvalue weighted by atomic mass is 9.99. The predicted molar refractivity (Wildman–Crippen MR) is 86.4 cm³/mol. The molecule has 0 saturated carbocycles. The van der Waals surface area contributed by atoms with E-state index in [9.17, 15) is 18.0 Å². The number of halogens is 3. The fourth-order valence-corrected chi connectivity index (χ4v) is 3.43. The molecule has 1 fully saturated rings. The summed E-state index contributed by atoms with van der Waals surface area (Å²) in [5.41, 5.74) is -0.845. The van der Waals surface area contributed by atoms with Crippen LogP contribution in [0.5, 0.6) is 0 Å². The molecule has 26 heavy (non-hydrogen) atoms. The van der Waals surface area contributed by atoms with Crippen LogP contribution in [-0.4, -0.2) is 60.4 Å². The number of fused-ring (bicyclic) bond motifs is 1. The van der Waals surface area contributed by atoms with Crippen molar-refractivity contribution in [1.82, 2.24) is 14.5 Å². The first-order chi connectivity index (χ1) is 12.3. The highest BCUT2D eigenvalue weighted by Crippen LogP contribution is 2.30. The van der Waals surface area contributed by atoms with Crippen LogP contribution in [0.4, 0.5) is 13.2 Å². The zero-order chi connectivity index (χ0) is 18.7. The number of amides is 1. The molecule has 1 aromatic heterocycles. The van der Waals surface area contributed by atoms with Crippen molar-refractivity contribution in [3.05, 3.63) is 17.7 Å². The third-order valence-electron chi connectivity index (χ3n) is 4.94. The van der Waals surface area contributed by atoms with Gasteiger partial charge in [0.05, 0.1) is 13.2 Å². The molecular formula is C17H24F3N3O3. The van der Waals surface area contributed by atoms with Crippen LogP contribution in [0.15, 0.2) is 6.20 Å². The van der Waals surface area contributed by atoms with E-state index in [-0.39, 0.29) is 18.4 Å². The van der Waals surface area contributed by atoms with E-state index >= 15 is 0 Å². The van der Waals surface area contributed by atoms with Gasteiger partial charge in [-0.05, 0) is 18.8 Å². The van der Waals surface area contributed by atoms with Crippen molar-refractivity contribution in [2.75, 3.05) is 40.0 Å². The maximum absolute atomic E-state index is 12.8. The van der Waals surface area contributed by atoms with Crippen molar-refractivity contribution in [3.63, 3.8) is 0 Å². The number of hydrogen-bond donors (Lipinski definition) is 0. The molecule has 1 amide bonds. The minimum atomic E-state index is -4.42. The molecule has 6 nitrogen and oxygen atoms in total. The van der Waals surface area contributed by atoms with Gasteiger partial charge in [-0.25, -0.2) is 4.98 Å². The summed E-state index contributed by atoms with van der Waals surface area (Å²) >= 11 is 0. The fourth-order valence-electron chi connectivity index (χ4n) is 3.43. The molecule has 146 valence electrons. The lowest BCUT2D eigenvalue weighted by molar-refractivity contribution is -0.141. The summed E-state index contributed by atoms with van der Waals surface area (Å²) in [6.07, 6.45) is -1.20. The van der Waals surface area contributed by atoms with Gasteiger partial charge in [-0.15, -0.1) is 0 Å². The average Bonchev–Trinajstić information content (AvgIpc) is 3.22. The van der Waals surface area contributed by atoms with E-state index in [0.29, 0.717) is 50.9 Å². The van der Waals surface area contributed by atoms with Crippen LogP contribution in [0, 0.1) is 11.8 Å². The molecule has 2 aliphatic heterocycles. The molecular weight excluding hydrogens is 351 g/mol. The first-order valence-electron chi connectivity index (χ1n) is 8.85. The Morgan fingerprint density at radius 3 is 2.92 bits per heavy atom. The van der Waals surface area contributed by atoms with Gasteiger partial charge in [-0.3, -0.25) is 4.79 Å². The highest BCUT2D eigenvalue weighted by atomic mass is 19.4. The lowest BCUT2D eigenvalue weighted by Gasteiger charge is -2.28. The number of hydrogen-bond acceptors (Lipinski definition) is 4. The van der Waals surface area contributed by atoms with E-state index in [1.54, 1.807) is 16.5 Å². The van der Waals surface area contributed by atoms with Gasteiger partial charge in [0.15, 0.2) is 5.69 Å². The number of aryl methyl sites for hydroxylation is 1. The topological polar surface area (TPSA) is 56.6 Å². The van der Waals surface area contributed by atoms with Crippen LogP contribution in [0.1, 0.15) is 24.4 Å². The number of aromatic nitrogens is 2. The first kappa shape index (κ1) is 19.2. The molecule has 9 heteroatoms. The molecule has 2 aliphatic rings. The Labute approximate surface area is 150 Å². The van der Waals surface area contributed by atoms with Gasteiger partial charge in [0.25, 0.3) is 0 Å². The maximum atomic E-state index is 12.8. The van der Waals surface area contributed by atoms with Crippen molar-refractivity contribution in [1.29, 1.82) is 0 Å². The molecule has 1 saturated heterocycles. The summed E-state index contributed by atoms with van der Waals surface area (Å²) in [4.78, 5) is 17.4. The van der Waals surface area contributed by atoms with Crippen LogP contribution in [0.3, 0.4) is 0 Å². The Kier molecular flexibility index (Phi) is 5.86. The number of alkyl halides is 3. The molecule has 0 N–H and O–H groups in total. The molecule has 0 radical (unpaired) electrons. The van der Waals surface area contributed by atoms with Gasteiger partial charge in [0.2, 0.25) is 5.91 Å². The van der Waals surface area contributed by atoms with Gasteiger partial charge in [-0.2, -0.15) is 13.2 Å². The number of imidazole rings is 1. The molecule has 0 bridgehead atoms. The molecule has 0 spiro atoms. The van der Waals surface area contributed by atoms with E-state index in [1.807, 2.05) is 0 Å². The molecule has 3 heterocycles. The minimum absolute atomic E-state index is 0.0221. The van der Waals surface area contributed by atoms with E-state index < -0.39 is 11.9 Å². The van der Waals surface area contributed by atoms with E-state index in [2.05, 4.69) is 4.98 Å². The average molecular weight is 375 g/mol. The molecule has 0 unspecified atom stereocenters. The van der Waals surface area contributed by atoms with Crippen molar-refractivity contribution >= 4 is 5.91 Å². The third-order valence-corrected chi connectivity index (χ3v) is 4.94. The number of rotatable bonds is 6. The van der Waals surface area contributed by atoms with Crippen molar-refractivity contribution < 1.29 is 27.4 Å². The van der Waals surface area contributed by atoms with Crippen LogP contribution in [0.2, 0.25) is 0 Å². The van der Waals surface area contributed by atoms with Gasteiger partial charge < -0.3 is 18.9 Å². The molecule has 0 aromatic carbocycles. The van der Waals surface area contributed by atoms with Gasteiger partial charge in [0.1, 0.15) is 12.4 Å². The summed E-state index contributed by atoms with van der Waals surface area (Å²) in [6, 6.07) is 0. The Balaban J connectivity index is 1.45. The second-order valence-corrected chi connectivity index (χ2v) is 7.12. The Hall–Kier alpha value is -1.61. The van der Waals surface area contributed by atoms with Crippen LogP contribution in [-0.2, 0) is 33.4 Å². The first-order valence-corrected chi connectivity index (χ1v) is 8.85. The summed E-state index contributed by atoms with van der Waals surface area (Å²) in [5.74, 6) is 0.810. The van der Waals surface area contributed by atoms with Crippen molar-refractivity contribution in [3.8, 4) is 0 Å². The second kappa shape index (κ2) is 7.96. The zero-order valence-corrected chi connectivity index (χ0v) is 14.8. The highest BCUT2D eigenvalue weighted by molar-refractivity contribution is 5.77.